The van der Waals surface area contributed by atoms with Crippen LogP contribution in [0.3, 0.4) is 0 Å². The Hall–Kier alpha value is -2.18. The van der Waals surface area contributed by atoms with Gasteiger partial charge in [-0.2, -0.15) is 0 Å². The molecule has 2 heterocycles. The van der Waals surface area contributed by atoms with Crippen LogP contribution in [-0.4, -0.2) is 60.5 Å². The minimum absolute atomic E-state index is 0.0760. The van der Waals surface area contributed by atoms with Gasteiger partial charge in [0.1, 0.15) is 5.75 Å². The fourth-order valence-electron chi connectivity index (χ4n) is 5.46. The van der Waals surface area contributed by atoms with Crippen molar-refractivity contribution in [3.8, 4) is 5.75 Å². The topological polar surface area (TPSA) is 54.4 Å². The lowest BCUT2D eigenvalue weighted by Gasteiger charge is -2.27. The lowest BCUT2D eigenvalue weighted by molar-refractivity contribution is -0.188. The van der Waals surface area contributed by atoms with E-state index in [1.54, 1.807) is 5.06 Å². The first kappa shape index (κ1) is 26.9. The van der Waals surface area contributed by atoms with Crippen LogP contribution in [0.5, 0.6) is 5.75 Å². The van der Waals surface area contributed by atoms with E-state index in [1.807, 2.05) is 6.20 Å². The van der Waals surface area contributed by atoms with Gasteiger partial charge in [0.25, 0.3) is 5.91 Å². The summed E-state index contributed by atoms with van der Waals surface area (Å²) in [4.78, 5) is 26.1. The summed E-state index contributed by atoms with van der Waals surface area (Å²) in [5, 5.41) is 1.60. The van der Waals surface area contributed by atoms with Gasteiger partial charge in [-0.1, -0.05) is 38.5 Å². The van der Waals surface area contributed by atoms with Gasteiger partial charge >= 0.3 is 0 Å². The smallest absolute Gasteiger partial charge is 0.260 e. The van der Waals surface area contributed by atoms with Crippen LogP contribution in [0, 0.1) is 5.92 Å². The number of hydrogen-bond acceptors (Lipinski definition) is 5. The van der Waals surface area contributed by atoms with E-state index >= 15 is 0 Å². The number of benzene rings is 1. The van der Waals surface area contributed by atoms with Gasteiger partial charge in [-0.25, -0.2) is 5.06 Å². The number of ether oxygens (including phenoxy) is 1. The molecule has 1 aromatic carbocycles. The number of likely N-dealkylation sites (tertiary alicyclic amines) is 1. The molecule has 3 aliphatic rings. The molecule has 1 amide bonds. The Bertz CT molecular complexity index is 924. The van der Waals surface area contributed by atoms with Crippen molar-refractivity contribution >= 4 is 11.6 Å². The molecule has 0 bridgehead atoms. The van der Waals surface area contributed by atoms with E-state index in [9.17, 15) is 4.79 Å². The molecule has 198 valence electrons. The van der Waals surface area contributed by atoms with Crippen molar-refractivity contribution in [2.24, 2.45) is 10.9 Å². The van der Waals surface area contributed by atoms with Crippen LogP contribution in [0.15, 0.2) is 35.5 Å². The molecule has 36 heavy (non-hydrogen) atoms. The molecule has 4 rings (SSSR count). The zero-order valence-corrected chi connectivity index (χ0v) is 22.6. The van der Waals surface area contributed by atoms with Gasteiger partial charge in [-0.05, 0) is 80.9 Å². The van der Waals surface area contributed by atoms with Gasteiger partial charge < -0.3 is 4.74 Å². The van der Waals surface area contributed by atoms with Crippen molar-refractivity contribution in [3.05, 3.63) is 41.6 Å². The average Bonchev–Trinajstić information content (AvgIpc) is 3.48. The fourth-order valence-corrected chi connectivity index (χ4v) is 5.46. The van der Waals surface area contributed by atoms with Crippen LogP contribution in [0.1, 0.15) is 89.2 Å². The lowest BCUT2D eigenvalue weighted by atomic mass is 9.86. The average molecular weight is 496 g/mol. The maximum Gasteiger partial charge on any atom is 0.260 e. The van der Waals surface area contributed by atoms with E-state index in [0.29, 0.717) is 31.7 Å². The summed E-state index contributed by atoms with van der Waals surface area (Å²) in [7, 11) is 0. The third-order valence-corrected chi connectivity index (χ3v) is 7.85. The molecule has 2 fully saturated rings. The maximum absolute atomic E-state index is 13.2. The summed E-state index contributed by atoms with van der Waals surface area (Å²) in [5.41, 5.74) is 3.87. The van der Waals surface area contributed by atoms with E-state index < -0.39 is 0 Å². The van der Waals surface area contributed by atoms with E-state index in [1.165, 1.54) is 36.1 Å². The molecule has 0 radical (unpaired) electrons. The second-order valence-electron chi connectivity index (χ2n) is 10.7. The zero-order valence-electron chi connectivity index (χ0n) is 22.6. The van der Waals surface area contributed by atoms with Crippen molar-refractivity contribution in [3.63, 3.8) is 0 Å². The standard InChI is InChI=1S/C30H45N3O3/c1-4-16-33(36-17-5-2)30(34)22-32-21-27(25-10-12-29-26(19-25)14-18-35-29)20-28(32)11-9-23(3)31-15-13-24-7-6-8-24/h10,12-13,15,19,24,27-28H,4-9,11,14,16-18,20-22H2,1-3H3/b15-13-,31-23?. The molecule has 1 aliphatic carbocycles. The van der Waals surface area contributed by atoms with Gasteiger partial charge in [-0.15, -0.1) is 0 Å². The van der Waals surface area contributed by atoms with E-state index in [-0.39, 0.29) is 5.91 Å². The number of amides is 1. The quantitative estimate of drug-likeness (QED) is 0.252. The first-order valence-electron chi connectivity index (χ1n) is 14.2. The Balaban J connectivity index is 1.41. The minimum Gasteiger partial charge on any atom is -0.493 e. The van der Waals surface area contributed by atoms with Crippen molar-refractivity contribution < 1.29 is 14.4 Å². The molecule has 1 saturated carbocycles. The summed E-state index contributed by atoms with van der Waals surface area (Å²) >= 11 is 0. The van der Waals surface area contributed by atoms with Crippen LogP contribution in [0.2, 0.25) is 0 Å². The number of carbonyl (C=O) groups is 1. The van der Waals surface area contributed by atoms with Crippen LogP contribution in [0.25, 0.3) is 0 Å². The molecule has 0 spiro atoms. The molecule has 1 saturated heterocycles. The maximum atomic E-state index is 13.2. The predicted octanol–water partition coefficient (Wildman–Crippen LogP) is 5.91. The molecule has 2 atom stereocenters. The SMILES string of the molecule is CCCON(CCC)C(=O)CN1CC(c2ccc3c(c2)CCO3)CC1CCC(C)=N/C=C\C1CCC1. The largest absolute Gasteiger partial charge is 0.493 e. The van der Waals surface area contributed by atoms with Crippen LogP contribution in [-0.2, 0) is 16.1 Å². The highest BCUT2D eigenvalue weighted by atomic mass is 16.7. The van der Waals surface area contributed by atoms with Crippen LogP contribution >= 0.6 is 0 Å². The predicted molar refractivity (Wildman–Crippen MR) is 145 cm³/mol. The Morgan fingerprint density at radius 2 is 2.14 bits per heavy atom. The van der Waals surface area contributed by atoms with Crippen LogP contribution in [0.4, 0.5) is 0 Å². The number of nitrogens with zero attached hydrogens (tertiary/aromatic N) is 3. The van der Waals surface area contributed by atoms with Gasteiger partial charge in [0.2, 0.25) is 0 Å². The van der Waals surface area contributed by atoms with Gasteiger partial charge in [0.15, 0.2) is 0 Å². The van der Waals surface area contributed by atoms with Crippen molar-refractivity contribution in [2.45, 2.75) is 90.5 Å². The van der Waals surface area contributed by atoms with Crippen molar-refractivity contribution in [2.75, 3.05) is 32.8 Å². The highest BCUT2D eigenvalue weighted by molar-refractivity contribution is 5.82. The molecule has 6 nitrogen and oxygen atoms in total. The molecule has 1 aromatic rings. The molecular weight excluding hydrogens is 450 g/mol. The Morgan fingerprint density at radius 1 is 1.28 bits per heavy atom. The Morgan fingerprint density at radius 3 is 2.89 bits per heavy atom. The molecule has 0 aromatic heterocycles. The van der Waals surface area contributed by atoms with Gasteiger partial charge in [0, 0.05) is 37.5 Å². The molecular formula is C30H45N3O3. The highest BCUT2D eigenvalue weighted by Gasteiger charge is 2.35. The number of hydrogen-bond donors (Lipinski definition) is 0. The minimum atomic E-state index is 0.0760. The van der Waals surface area contributed by atoms with Gasteiger partial charge in [0.05, 0.1) is 19.8 Å². The molecule has 2 unspecified atom stereocenters. The van der Waals surface area contributed by atoms with E-state index in [2.05, 4.69) is 49.9 Å². The normalized spacial score (nSPS) is 22.6. The highest BCUT2D eigenvalue weighted by Crippen LogP contribution is 2.37. The number of hydroxylamine groups is 2. The van der Waals surface area contributed by atoms with Crippen molar-refractivity contribution in [1.82, 2.24) is 9.96 Å². The van der Waals surface area contributed by atoms with E-state index in [4.69, 9.17) is 14.6 Å². The van der Waals surface area contributed by atoms with Gasteiger partial charge in [-0.3, -0.25) is 19.5 Å². The monoisotopic (exact) mass is 495 g/mol. The number of carbonyl (C=O) groups excluding carboxylic acids is 1. The van der Waals surface area contributed by atoms with E-state index in [0.717, 1.165) is 63.3 Å². The molecule has 2 aliphatic heterocycles. The summed E-state index contributed by atoms with van der Waals surface area (Å²) < 4.78 is 5.72. The Labute approximate surface area is 217 Å². The summed E-state index contributed by atoms with van der Waals surface area (Å²) in [6.07, 6.45) is 14.1. The lowest BCUT2D eigenvalue weighted by Crippen LogP contribution is -2.42. The number of allylic oxidation sites excluding steroid dienone is 1. The fraction of sp³-hybridized carbons (Fsp3) is 0.667. The molecule has 0 N–H and O–H groups in total. The second-order valence-corrected chi connectivity index (χ2v) is 10.7. The van der Waals surface area contributed by atoms with Crippen molar-refractivity contribution in [1.29, 1.82) is 0 Å². The number of aliphatic imine (C=N–C) groups is 1. The van der Waals surface area contributed by atoms with Crippen LogP contribution < -0.4 is 4.74 Å². The number of rotatable bonds is 13. The summed E-state index contributed by atoms with van der Waals surface area (Å²) in [5.74, 6) is 2.27. The molecule has 6 heteroatoms. The Kier molecular flexibility index (Phi) is 9.99. The zero-order chi connectivity index (χ0) is 25.3. The number of fused-ring (bicyclic) bond motifs is 1. The summed E-state index contributed by atoms with van der Waals surface area (Å²) in [6.45, 7) is 9.62. The third-order valence-electron chi connectivity index (χ3n) is 7.85. The third kappa shape index (κ3) is 7.19. The first-order valence-corrected chi connectivity index (χ1v) is 14.2. The second kappa shape index (κ2) is 13.4. The first-order chi connectivity index (χ1) is 17.6. The summed E-state index contributed by atoms with van der Waals surface area (Å²) in [6, 6.07) is 7.05.